The standard InChI is InChI=1S/C27H30F3N7O5/c1-40-26(39)37-13-2-12-31-22(38)19-6-8-20(9-7-19)33-24-34-23(35-25(36-24)42-17-27(28,29)30)32-16-18-4-10-21(11-5-18)41-15-3-14-37/h4-11H,2-3,12-17H2,1H3,(H,31,38)(H2,32,33,34,35,36). The number of nitrogens with one attached hydrogen (secondary N) is 3. The number of carbonyl (C=O) groups excluding carboxylic acids is 2. The Morgan fingerprint density at radius 2 is 1.69 bits per heavy atom. The summed E-state index contributed by atoms with van der Waals surface area (Å²) in [4.78, 5) is 38.4. The lowest BCUT2D eigenvalue weighted by atomic mass is 10.2. The number of hydrogen-bond donors (Lipinski definition) is 3. The van der Waals surface area contributed by atoms with Crippen LogP contribution in [0.15, 0.2) is 48.5 Å². The van der Waals surface area contributed by atoms with Crippen LogP contribution in [0.3, 0.4) is 0 Å². The van der Waals surface area contributed by atoms with Gasteiger partial charge in [-0.15, -0.1) is 0 Å². The first-order valence-electron chi connectivity index (χ1n) is 13.1. The fourth-order valence-corrected chi connectivity index (χ4v) is 3.86. The molecule has 3 N–H and O–H groups in total. The third kappa shape index (κ3) is 9.38. The lowest BCUT2D eigenvalue weighted by molar-refractivity contribution is -0.154. The van der Waals surface area contributed by atoms with Gasteiger partial charge in [-0.3, -0.25) is 4.79 Å². The molecule has 2 amide bonds. The maximum atomic E-state index is 12.7. The van der Waals surface area contributed by atoms with Gasteiger partial charge in [0.2, 0.25) is 11.9 Å². The van der Waals surface area contributed by atoms with Crippen molar-refractivity contribution in [1.29, 1.82) is 0 Å². The van der Waals surface area contributed by atoms with E-state index >= 15 is 0 Å². The van der Waals surface area contributed by atoms with Crippen molar-refractivity contribution >= 4 is 29.6 Å². The number of rotatable bonds is 2. The molecule has 12 nitrogen and oxygen atoms in total. The number of amides is 2. The lowest BCUT2D eigenvalue weighted by Crippen LogP contribution is -2.35. The van der Waals surface area contributed by atoms with Crippen LogP contribution in [0, 0.1) is 0 Å². The van der Waals surface area contributed by atoms with E-state index in [0.29, 0.717) is 56.1 Å². The average molecular weight is 590 g/mol. The van der Waals surface area contributed by atoms with Gasteiger partial charge in [-0.25, -0.2) is 4.79 Å². The van der Waals surface area contributed by atoms with Crippen molar-refractivity contribution in [2.45, 2.75) is 25.6 Å². The largest absolute Gasteiger partial charge is 0.494 e. The highest BCUT2D eigenvalue weighted by Gasteiger charge is 2.29. The van der Waals surface area contributed by atoms with E-state index in [1.54, 1.807) is 41.3 Å². The Balaban J connectivity index is 1.54. The smallest absolute Gasteiger partial charge is 0.422 e. The molecule has 0 atom stereocenters. The van der Waals surface area contributed by atoms with E-state index in [1.165, 1.54) is 7.11 Å². The molecule has 0 spiro atoms. The highest BCUT2D eigenvalue weighted by atomic mass is 19.4. The molecule has 3 aromatic rings. The quantitative estimate of drug-likeness (QED) is 0.400. The average Bonchev–Trinajstić information content (AvgIpc) is 2.98. The number of ether oxygens (including phenoxy) is 3. The Morgan fingerprint density at radius 3 is 2.40 bits per heavy atom. The zero-order valence-electron chi connectivity index (χ0n) is 22.7. The number of halogens is 3. The van der Waals surface area contributed by atoms with Gasteiger partial charge in [-0.05, 0) is 54.8 Å². The van der Waals surface area contributed by atoms with Crippen molar-refractivity contribution in [3.05, 3.63) is 59.7 Å². The molecule has 5 heterocycles. The molecule has 4 aliphatic rings. The van der Waals surface area contributed by atoms with Gasteiger partial charge in [-0.1, -0.05) is 12.1 Å². The number of carbonyl (C=O) groups is 2. The molecule has 224 valence electrons. The van der Waals surface area contributed by atoms with E-state index in [2.05, 4.69) is 30.9 Å². The fraction of sp³-hybridized carbons (Fsp3) is 0.370. The van der Waals surface area contributed by atoms with Crippen LogP contribution in [-0.4, -0.2) is 78.0 Å². The SMILES string of the molecule is COC(=O)N1CCCNC(=O)c2ccc(cc2)Nc2nc(nc(OCC(F)(F)F)n2)NCc2ccc(cc2)OCCC1. The number of methoxy groups -OCH3 is 1. The summed E-state index contributed by atoms with van der Waals surface area (Å²) in [5.74, 6) is 0.246. The fourth-order valence-electron chi connectivity index (χ4n) is 3.86. The molecular weight excluding hydrogens is 559 g/mol. The van der Waals surface area contributed by atoms with Gasteiger partial charge < -0.3 is 35.1 Å². The summed E-state index contributed by atoms with van der Waals surface area (Å²) in [6.45, 7) is 0.178. The molecule has 0 saturated heterocycles. The van der Waals surface area contributed by atoms with Crippen LogP contribution in [0.25, 0.3) is 0 Å². The minimum absolute atomic E-state index is 0.00869. The predicted octanol–water partition coefficient (Wildman–Crippen LogP) is 4.14. The highest BCUT2D eigenvalue weighted by molar-refractivity contribution is 5.94. The van der Waals surface area contributed by atoms with Crippen LogP contribution in [-0.2, 0) is 11.3 Å². The second kappa shape index (κ2) is 14.2. The summed E-state index contributed by atoms with van der Waals surface area (Å²) in [5.41, 5.74) is 1.69. The predicted molar refractivity (Wildman–Crippen MR) is 146 cm³/mol. The van der Waals surface area contributed by atoms with Gasteiger partial charge in [0.1, 0.15) is 5.75 Å². The maximum Gasteiger partial charge on any atom is 0.422 e. The van der Waals surface area contributed by atoms with E-state index in [9.17, 15) is 22.8 Å². The third-order valence-corrected chi connectivity index (χ3v) is 5.92. The first kappa shape index (κ1) is 30.1. The lowest BCUT2D eigenvalue weighted by Gasteiger charge is -2.21. The van der Waals surface area contributed by atoms with Gasteiger partial charge >= 0.3 is 18.3 Å². The molecule has 7 rings (SSSR count). The van der Waals surface area contributed by atoms with Crippen molar-refractivity contribution in [3.8, 4) is 11.8 Å². The van der Waals surface area contributed by atoms with E-state index < -0.39 is 24.9 Å². The molecule has 0 radical (unpaired) electrons. The summed E-state index contributed by atoms with van der Waals surface area (Å²) in [6.07, 6.45) is -3.96. The summed E-state index contributed by atoms with van der Waals surface area (Å²) in [5, 5.41) is 8.67. The third-order valence-electron chi connectivity index (χ3n) is 5.92. The molecule has 0 fully saturated rings. The Hall–Kier alpha value is -4.82. The Labute approximate surface area is 239 Å². The van der Waals surface area contributed by atoms with Crippen LogP contribution < -0.4 is 25.4 Å². The van der Waals surface area contributed by atoms with Crippen LogP contribution in [0.4, 0.5) is 35.5 Å². The number of benzene rings is 2. The van der Waals surface area contributed by atoms with Crippen molar-refractivity contribution in [1.82, 2.24) is 25.2 Å². The second-order valence-corrected chi connectivity index (χ2v) is 9.14. The number of anilines is 3. The number of nitrogens with zero attached hydrogens (tertiary/aromatic N) is 4. The van der Waals surface area contributed by atoms with E-state index in [0.717, 1.165) is 5.56 Å². The second-order valence-electron chi connectivity index (χ2n) is 9.14. The van der Waals surface area contributed by atoms with Crippen molar-refractivity contribution in [3.63, 3.8) is 0 Å². The van der Waals surface area contributed by atoms with Crippen LogP contribution >= 0.6 is 0 Å². The Bertz CT molecular complexity index is 1340. The first-order chi connectivity index (χ1) is 20.2. The molecule has 0 unspecified atom stereocenters. The monoisotopic (exact) mass is 589 g/mol. The van der Waals surface area contributed by atoms with Gasteiger partial charge in [0.25, 0.3) is 5.91 Å². The van der Waals surface area contributed by atoms with Crippen molar-refractivity contribution < 1.29 is 37.0 Å². The first-order valence-corrected chi connectivity index (χ1v) is 13.1. The molecule has 2 aromatic carbocycles. The maximum absolute atomic E-state index is 12.7. The van der Waals surface area contributed by atoms with Gasteiger partial charge in [0.15, 0.2) is 6.61 Å². The Morgan fingerprint density at radius 1 is 0.976 bits per heavy atom. The summed E-state index contributed by atoms with van der Waals surface area (Å²) in [7, 11) is 1.32. The summed E-state index contributed by atoms with van der Waals surface area (Å²) >= 11 is 0. The van der Waals surface area contributed by atoms with E-state index in [1.807, 2.05) is 12.1 Å². The molecule has 6 bridgehead atoms. The minimum atomic E-state index is -4.58. The minimum Gasteiger partial charge on any atom is -0.494 e. The molecule has 1 aromatic heterocycles. The summed E-state index contributed by atoms with van der Waals surface area (Å²) in [6, 6.07) is 13.0. The molecule has 4 aliphatic heterocycles. The van der Waals surface area contributed by atoms with Crippen LogP contribution in [0.5, 0.6) is 11.8 Å². The molecule has 15 heteroatoms. The normalized spacial score (nSPS) is 15.0. The molecular formula is C27H30F3N7O5. The van der Waals surface area contributed by atoms with Gasteiger partial charge in [-0.2, -0.15) is 28.1 Å². The number of alkyl halides is 3. The van der Waals surface area contributed by atoms with Crippen molar-refractivity contribution in [2.75, 3.05) is 50.6 Å². The molecule has 0 aliphatic carbocycles. The zero-order chi connectivity index (χ0) is 30.0. The van der Waals surface area contributed by atoms with E-state index in [4.69, 9.17) is 14.2 Å². The van der Waals surface area contributed by atoms with Crippen LogP contribution in [0.2, 0.25) is 0 Å². The Kier molecular flexibility index (Phi) is 10.2. The van der Waals surface area contributed by atoms with E-state index in [-0.39, 0.29) is 24.3 Å². The molecule has 0 saturated carbocycles. The van der Waals surface area contributed by atoms with Crippen molar-refractivity contribution in [2.24, 2.45) is 0 Å². The van der Waals surface area contributed by atoms with Crippen LogP contribution in [0.1, 0.15) is 28.8 Å². The zero-order valence-corrected chi connectivity index (χ0v) is 22.7. The summed E-state index contributed by atoms with van der Waals surface area (Å²) < 4.78 is 53.7. The highest BCUT2D eigenvalue weighted by Crippen LogP contribution is 2.21. The van der Waals surface area contributed by atoms with Gasteiger partial charge in [0.05, 0.1) is 13.7 Å². The number of aromatic nitrogens is 3. The molecule has 42 heavy (non-hydrogen) atoms. The number of hydrogen-bond acceptors (Lipinski definition) is 10. The van der Waals surface area contributed by atoms with Gasteiger partial charge in [0, 0.05) is 37.4 Å². The topological polar surface area (TPSA) is 140 Å².